The van der Waals surface area contributed by atoms with Crippen molar-refractivity contribution in [2.24, 2.45) is 7.05 Å². The van der Waals surface area contributed by atoms with Gasteiger partial charge in [-0.1, -0.05) is 97.1 Å². The number of anilines is 3. The van der Waals surface area contributed by atoms with Gasteiger partial charge in [-0.25, -0.2) is 0 Å². The lowest BCUT2D eigenvalue weighted by molar-refractivity contribution is 0.918. The summed E-state index contributed by atoms with van der Waals surface area (Å²) in [7, 11) is 2.14. The van der Waals surface area contributed by atoms with E-state index in [9.17, 15) is 0 Å². The molecule has 1 heterocycles. The summed E-state index contributed by atoms with van der Waals surface area (Å²) < 4.78 is 2.26. The molecule has 10 aromatic rings. The first kappa shape index (κ1) is 30.2. The zero-order valence-electron chi connectivity index (χ0n) is 29.2. The standard InChI is InChI=1S/C50H36N2/c1-33-25-46-32-49(23-24-50(46)51(33)2)52(47-19-15-34(16-20-47)40-11-13-42-26-36-7-3-5-9-38(36)28-44(42)30-40)48-21-17-35(18-22-48)41-12-14-43-27-37-8-4-6-10-39(37)29-45(43)31-41/h3-32H,1-2H3. The van der Waals surface area contributed by atoms with E-state index in [1.807, 2.05) is 0 Å². The topological polar surface area (TPSA) is 8.17 Å². The molecule has 0 amide bonds. The van der Waals surface area contributed by atoms with Crippen molar-refractivity contribution < 1.29 is 0 Å². The summed E-state index contributed by atoms with van der Waals surface area (Å²) in [5, 5.41) is 11.4. The average Bonchev–Trinajstić information content (AvgIpc) is 3.48. The summed E-state index contributed by atoms with van der Waals surface area (Å²) in [6.07, 6.45) is 0. The number of fused-ring (bicyclic) bond motifs is 5. The number of hydrogen-bond acceptors (Lipinski definition) is 1. The summed E-state index contributed by atoms with van der Waals surface area (Å²) >= 11 is 0. The van der Waals surface area contributed by atoms with Crippen LogP contribution in [0.1, 0.15) is 5.69 Å². The number of aromatic nitrogens is 1. The van der Waals surface area contributed by atoms with Crippen molar-refractivity contribution in [1.82, 2.24) is 4.57 Å². The third kappa shape index (κ3) is 5.20. The zero-order chi connectivity index (χ0) is 34.8. The molecule has 0 saturated carbocycles. The van der Waals surface area contributed by atoms with Gasteiger partial charge in [-0.05, 0) is 157 Å². The van der Waals surface area contributed by atoms with Crippen molar-refractivity contribution in [3.63, 3.8) is 0 Å². The Bertz CT molecular complexity index is 2800. The van der Waals surface area contributed by atoms with Crippen molar-refractivity contribution in [2.75, 3.05) is 4.90 Å². The third-order valence-electron chi connectivity index (χ3n) is 10.9. The number of rotatable bonds is 5. The maximum Gasteiger partial charge on any atom is 0.0481 e. The van der Waals surface area contributed by atoms with Crippen LogP contribution in [0.15, 0.2) is 182 Å². The molecular formula is C50H36N2. The number of hydrogen-bond donors (Lipinski definition) is 0. The van der Waals surface area contributed by atoms with Gasteiger partial charge < -0.3 is 9.47 Å². The molecule has 0 aliphatic carbocycles. The molecule has 0 atom stereocenters. The van der Waals surface area contributed by atoms with Crippen LogP contribution in [-0.4, -0.2) is 4.57 Å². The molecular weight excluding hydrogens is 629 g/mol. The highest BCUT2D eigenvalue weighted by Crippen LogP contribution is 2.39. The Morgan fingerprint density at radius 1 is 0.327 bits per heavy atom. The Morgan fingerprint density at radius 3 is 1.21 bits per heavy atom. The van der Waals surface area contributed by atoms with Gasteiger partial charge in [0.05, 0.1) is 0 Å². The van der Waals surface area contributed by atoms with Gasteiger partial charge in [-0.3, -0.25) is 0 Å². The summed E-state index contributed by atoms with van der Waals surface area (Å²) in [6, 6.07) is 67.0. The van der Waals surface area contributed by atoms with Gasteiger partial charge >= 0.3 is 0 Å². The van der Waals surface area contributed by atoms with E-state index in [-0.39, 0.29) is 0 Å². The van der Waals surface area contributed by atoms with E-state index in [1.54, 1.807) is 0 Å². The van der Waals surface area contributed by atoms with E-state index in [2.05, 4.69) is 205 Å². The molecule has 2 nitrogen and oxygen atoms in total. The predicted molar refractivity (Wildman–Crippen MR) is 223 cm³/mol. The minimum Gasteiger partial charge on any atom is -0.348 e. The fourth-order valence-electron chi connectivity index (χ4n) is 7.91. The maximum absolute atomic E-state index is 2.37. The molecule has 1 aromatic heterocycles. The second kappa shape index (κ2) is 12.0. The quantitative estimate of drug-likeness (QED) is 0.166. The van der Waals surface area contributed by atoms with Gasteiger partial charge in [0.25, 0.3) is 0 Å². The van der Waals surface area contributed by atoms with E-state index in [4.69, 9.17) is 0 Å². The van der Waals surface area contributed by atoms with Gasteiger partial charge in [0.2, 0.25) is 0 Å². The first-order chi connectivity index (χ1) is 25.5. The second-order valence-corrected chi connectivity index (χ2v) is 14.0. The van der Waals surface area contributed by atoms with Crippen molar-refractivity contribution in [2.45, 2.75) is 6.92 Å². The molecule has 0 saturated heterocycles. The smallest absolute Gasteiger partial charge is 0.0481 e. The van der Waals surface area contributed by atoms with E-state index < -0.39 is 0 Å². The highest BCUT2D eigenvalue weighted by molar-refractivity contribution is 6.01. The van der Waals surface area contributed by atoms with Gasteiger partial charge in [0.15, 0.2) is 0 Å². The van der Waals surface area contributed by atoms with E-state index in [0.717, 1.165) is 17.1 Å². The van der Waals surface area contributed by atoms with Crippen LogP contribution in [0, 0.1) is 6.92 Å². The van der Waals surface area contributed by atoms with Crippen LogP contribution in [0.25, 0.3) is 76.2 Å². The Balaban J connectivity index is 1.03. The molecule has 0 bridgehead atoms. The normalized spacial score (nSPS) is 11.7. The Hall–Kier alpha value is -6.64. The Morgan fingerprint density at radius 2 is 0.731 bits per heavy atom. The van der Waals surface area contributed by atoms with E-state index in [1.165, 1.54) is 81.9 Å². The van der Waals surface area contributed by atoms with Crippen molar-refractivity contribution in [1.29, 1.82) is 0 Å². The Labute approximate surface area is 303 Å². The molecule has 9 aromatic carbocycles. The zero-order valence-corrected chi connectivity index (χ0v) is 29.2. The first-order valence-corrected chi connectivity index (χ1v) is 18.0. The molecule has 0 fully saturated rings. The predicted octanol–water partition coefficient (Wildman–Crippen LogP) is 13.9. The molecule has 246 valence electrons. The van der Waals surface area contributed by atoms with E-state index >= 15 is 0 Å². The number of benzene rings is 9. The lowest BCUT2D eigenvalue weighted by atomic mass is 9.98. The van der Waals surface area contributed by atoms with E-state index in [0.29, 0.717) is 0 Å². The van der Waals surface area contributed by atoms with Crippen LogP contribution < -0.4 is 4.90 Å². The molecule has 0 unspecified atom stereocenters. The molecule has 10 rings (SSSR count). The summed E-state index contributed by atoms with van der Waals surface area (Å²) in [4.78, 5) is 2.37. The summed E-state index contributed by atoms with van der Waals surface area (Å²) in [5.41, 5.74) is 10.7. The molecule has 0 aliphatic rings. The van der Waals surface area contributed by atoms with Gasteiger partial charge in [0.1, 0.15) is 0 Å². The number of aryl methyl sites for hydroxylation is 2. The average molecular weight is 665 g/mol. The van der Waals surface area contributed by atoms with Crippen LogP contribution in [0.3, 0.4) is 0 Å². The molecule has 52 heavy (non-hydrogen) atoms. The van der Waals surface area contributed by atoms with Gasteiger partial charge in [0, 0.05) is 40.7 Å². The van der Waals surface area contributed by atoms with Crippen LogP contribution in [0.5, 0.6) is 0 Å². The maximum atomic E-state index is 2.37. The number of nitrogens with zero attached hydrogens (tertiary/aromatic N) is 2. The minimum absolute atomic E-state index is 1.12. The van der Waals surface area contributed by atoms with Crippen LogP contribution in [0.4, 0.5) is 17.1 Å². The van der Waals surface area contributed by atoms with Crippen LogP contribution in [0.2, 0.25) is 0 Å². The highest BCUT2D eigenvalue weighted by Gasteiger charge is 2.15. The van der Waals surface area contributed by atoms with Crippen LogP contribution >= 0.6 is 0 Å². The van der Waals surface area contributed by atoms with Crippen LogP contribution in [-0.2, 0) is 7.05 Å². The van der Waals surface area contributed by atoms with Crippen molar-refractivity contribution in [3.8, 4) is 22.3 Å². The summed E-state index contributed by atoms with van der Waals surface area (Å²) in [5.74, 6) is 0. The highest BCUT2D eigenvalue weighted by atomic mass is 15.1. The fraction of sp³-hybridized carbons (Fsp3) is 0.0400. The molecule has 0 N–H and O–H groups in total. The largest absolute Gasteiger partial charge is 0.348 e. The summed E-state index contributed by atoms with van der Waals surface area (Å²) in [6.45, 7) is 2.17. The second-order valence-electron chi connectivity index (χ2n) is 14.0. The fourth-order valence-corrected chi connectivity index (χ4v) is 7.91. The third-order valence-corrected chi connectivity index (χ3v) is 10.9. The molecule has 0 aliphatic heterocycles. The molecule has 0 radical (unpaired) electrons. The van der Waals surface area contributed by atoms with Crippen molar-refractivity contribution in [3.05, 3.63) is 188 Å². The lowest BCUT2D eigenvalue weighted by Crippen LogP contribution is -2.09. The van der Waals surface area contributed by atoms with Gasteiger partial charge in [-0.15, -0.1) is 0 Å². The SMILES string of the molecule is Cc1cc2cc(N(c3ccc(-c4ccc5cc6ccccc6cc5c4)cc3)c3ccc(-c4ccc5cc6ccccc6cc5c4)cc3)ccc2n1C. The van der Waals surface area contributed by atoms with Crippen molar-refractivity contribution >= 4 is 71.1 Å². The Kier molecular flexibility index (Phi) is 6.97. The molecule has 2 heteroatoms. The monoisotopic (exact) mass is 664 g/mol. The molecule has 0 spiro atoms. The van der Waals surface area contributed by atoms with Gasteiger partial charge in [-0.2, -0.15) is 0 Å². The lowest BCUT2D eigenvalue weighted by Gasteiger charge is -2.26. The first-order valence-electron chi connectivity index (χ1n) is 18.0. The minimum atomic E-state index is 1.12.